The Kier molecular flexibility index (Phi) is 7.35. The van der Waals surface area contributed by atoms with E-state index in [9.17, 15) is 19.5 Å². The minimum Gasteiger partial charge on any atom is -0.480 e. The van der Waals surface area contributed by atoms with Gasteiger partial charge in [0.1, 0.15) is 6.04 Å². The number of carbonyl (C=O) groups excluding carboxylic acids is 1. The van der Waals surface area contributed by atoms with Crippen molar-refractivity contribution in [3.63, 3.8) is 0 Å². The molecule has 0 aromatic carbocycles. The number of anilines is 1. The summed E-state index contributed by atoms with van der Waals surface area (Å²) in [6, 6.07) is -0.927. The van der Waals surface area contributed by atoms with Gasteiger partial charge in [-0.1, -0.05) is 20.3 Å². The minimum absolute atomic E-state index is 0.0305. The molecule has 2 heterocycles. The van der Waals surface area contributed by atoms with Gasteiger partial charge in [0.15, 0.2) is 0 Å². The number of rotatable bonds is 8. The van der Waals surface area contributed by atoms with Crippen molar-refractivity contribution in [1.82, 2.24) is 15.3 Å². The van der Waals surface area contributed by atoms with Crippen LogP contribution >= 0.6 is 0 Å². The average molecular weight is 380 g/mol. The first kappa shape index (κ1) is 20.9. The molecule has 0 radical (unpaired) electrons. The van der Waals surface area contributed by atoms with Gasteiger partial charge in [-0.15, -0.1) is 0 Å². The van der Waals surface area contributed by atoms with Crippen molar-refractivity contribution in [2.45, 2.75) is 46.1 Å². The zero-order chi connectivity index (χ0) is 20.0. The number of morpholine rings is 1. The predicted molar refractivity (Wildman–Crippen MR) is 100.0 cm³/mol. The summed E-state index contributed by atoms with van der Waals surface area (Å²) < 4.78 is 5.30. The lowest BCUT2D eigenvalue weighted by molar-refractivity contribution is -0.143. The minimum atomic E-state index is -1.05. The van der Waals surface area contributed by atoms with Gasteiger partial charge < -0.3 is 20.1 Å². The molecular weight excluding hydrogens is 352 g/mol. The first-order valence-corrected chi connectivity index (χ1v) is 9.28. The quantitative estimate of drug-likeness (QED) is 0.598. The lowest BCUT2D eigenvalue weighted by Gasteiger charge is -2.27. The number of aliphatic carboxylic acids is 1. The number of aryl methyl sites for hydroxylation is 1. The van der Waals surface area contributed by atoms with Gasteiger partial charge >= 0.3 is 5.97 Å². The largest absolute Gasteiger partial charge is 0.480 e. The molecule has 0 spiro atoms. The summed E-state index contributed by atoms with van der Waals surface area (Å²) in [7, 11) is 0. The molecule has 1 aromatic rings. The van der Waals surface area contributed by atoms with Crippen LogP contribution in [0.2, 0.25) is 0 Å². The Morgan fingerprint density at radius 2 is 2.04 bits per heavy atom. The molecule has 27 heavy (non-hydrogen) atoms. The first-order chi connectivity index (χ1) is 12.8. The topological polar surface area (TPSA) is 125 Å². The number of nitrogens with zero attached hydrogens (tertiary/aromatic N) is 2. The number of ether oxygens (including phenoxy) is 1. The Labute approximate surface area is 158 Å². The molecule has 9 nitrogen and oxygen atoms in total. The van der Waals surface area contributed by atoms with Gasteiger partial charge in [0.05, 0.1) is 13.2 Å². The van der Waals surface area contributed by atoms with Crippen LogP contribution in [0, 0.1) is 12.8 Å². The number of amides is 1. The maximum Gasteiger partial charge on any atom is 0.326 e. The third-order valence-corrected chi connectivity index (χ3v) is 4.92. The van der Waals surface area contributed by atoms with Gasteiger partial charge in [-0.25, -0.2) is 9.78 Å². The van der Waals surface area contributed by atoms with Crippen molar-refractivity contribution in [3.05, 3.63) is 21.6 Å². The number of aromatic nitrogens is 2. The van der Waals surface area contributed by atoms with E-state index in [1.54, 1.807) is 13.8 Å². The Balaban J connectivity index is 2.01. The summed E-state index contributed by atoms with van der Waals surface area (Å²) in [5, 5.41) is 11.8. The maximum absolute atomic E-state index is 12.4. The standard InChI is InChI=1S/C18H28N4O5/c1-4-11(2)15(17(25)26)20-14(23)6-5-13-12(3)19-18(21-16(13)24)22-7-9-27-10-8-22/h11,15H,4-10H2,1-3H3,(H,20,23)(H,25,26)(H,19,21,24)/t11-,15-/m0/s1. The molecule has 9 heteroatoms. The molecule has 1 amide bonds. The smallest absolute Gasteiger partial charge is 0.326 e. The number of aromatic amines is 1. The third-order valence-electron chi connectivity index (χ3n) is 4.92. The van der Waals surface area contributed by atoms with E-state index in [-0.39, 0.29) is 24.3 Å². The highest BCUT2D eigenvalue weighted by Crippen LogP contribution is 2.12. The lowest BCUT2D eigenvalue weighted by Crippen LogP contribution is -2.45. The zero-order valence-corrected chi connectivity index (χ0v) is 16.1. The normalized spacial score (nSPS) is 16.6. The number of carboxylic acid groups (broad SMARTS) is 1. The van der Waals surface area contributed by atoms with E-state index in [1.165, 1.54) is 0 Å². The third kappa shape index (κ3) is 5.53. The Bertz CT molecular complexity index is 727. The van der Waals surface area contributed by atoms with Crippen LogP contribution in [0.25, 0.3) is 0 Å². The second kappa shape index (κ2) is 9.50. The molecule has 0 aliphatic carbocycles. The van der Waals surface area contributed by atoms with E-state index in [0.717, 1.165) is 0 Å². The maximum atomic E-state index is 12.4. The molecule has 1 aliphatic heterocycles. The molecule has 1 saturated heterocycles. The second-order valence-electron chi connectivity index (χ2n) is 6.82. The highest BCUT2D eigenvalue weighted by molar-refractivity contribution is 5.83. The van der Waals surface area contributed by atoms with Crippen LogP contribution in [0.5, 0.6) is 0 Å². The van der Waals surface area contributed by atoms with Crippen molar-refractivity contribution >= 4 is 17.8 Å². The molecule has 0 saturated carbocycles. The van der Waals surface area contributed by atoms with E-state index >= 15 is 0 Å². The predicted octanol–water partition coefficient (Wildman–Crippen LogP) is 0.463. The summed E-state index contributed by atoms with van der Waals surface area (Å²) >= 11 is 0. The molecule has 2 atom stereocenters. The molecule has 1 aromatic heterocycles. The number of hydrogen-bond donors (Lipinski definition) is 3. The number of carboxylic acids is 1. The van der Waals surface area contributed by atoms with E-state index in [0.29, 0.717) is 49.9 Å². The fourth-order valence-corrected chi connectivity index (χ4v) is 2.98. The van der Waals surface area contributed by atoms with Crippen LogP contribution in [0.3, 0.4) is 0 Å². The van der Waals surface area contributed by atoms with Gasteiger partial charge in [-0.05, 0) is 19.3 Å². The molecule has 0 unspecified atom stereocenters. The fraction of sp³-hybridized carbons (Fsp3) is 0.667. The number of carbonyl (C=O) groups is 2. The van der Waals surface area contributed by atoms with Gasteiger partial charge in [-0.2, -0.15) is 0 Å². The SMILES string of the molecule is CC[C@H](C)[C@H](NC(=O)CCc1c(C)nc(N2CCOCC2)[nH]c1=O)C(=O)O. The molecule has 150 valence electrons. The molecule has 0 bridgehead atoms. The van der Waals surface area contributed by atoms with Crippen LogP contribution in [0.15, 0.2) is 4.79 Å². The zero-order valence-electron chi connectivity index (χ0n) is 16.1. The molecular formula is C18H28N4O5. The molecule has 2 rings (SSSR count). The Morgan fingerprint density at radius 3 is 2.59 bits per heavy atom. The van der Waals surface area contributed by atoms with E-state index in [2.05, 4.69) is 15.3 Å². The summed E-state index contributed by atoms with van der Waals surface area (Å²) in [4.78, 5) is 45.1. The highest BCUT2D eigenvalue weighted by atomic mass is 16.5. The van der Waals surface area contributed by atoms with Crippen LogP contribution in [-0.4, -0.2) is 59.3 Å². The number of nitrogens with one attached hydrogen (secondary N) is 2. The highest BCUT2D eigenvalue weighted by Gasteiger charge is 2.25. The van der Waals surface area contributed by atoms with Gasteiger partial charge in [0, 0.05) is 30.8 Å². The summed E-state index contributed by atoms with van der Waals surface area (Å²) in [5.74, 6) is -1.11. The number of hydrogen-bond acceptors (Lipinski definition) is 6. The van der Waals surface area contributed by atoms with E-state index < -0.39 is 17.9 Å². The van der Waals surface area contributed by atoms with E-state index in [1.807, 2.05) is 11.8 Å². The van der Waals surface area contributed by atoms with Gasteiger partial charge in [-0.3, -0.25) is 14.6 Å². The summed E-state index contributed by atoms with van der Waals surface area (Å²) in [5.41, 5.74) is 0.746. The van der Waals surface area contributed by atoms with Crippen molar-refractivity contribution in [2.24, 2.45) is 5.92 Å². The Hall–Kier alpha value is -2.42. The van der Waals surface area contributed by atoms with Crippen molar-refractivity contribution in [2.75, 3.05) is 31.2 Å². The van der Waals surface area contributed by atoms with Crippen LogP contribution in [0.1, 0.15) is 37.9 Å². The monoisotopic (exact) mass is 380 g/mol. The second-order valence-corrected chi connectivity index (χ2v) is 6.82. The van der Waals surface area contributed by atoms with Crippen LogP contribution in [-0.2, 0) is 20.7 Å². The molecule has 1 aliphatic rings. The van der Waals surface area contributed by atoms with Gasteiger partial charge in [0.2, 0.25) is 11.9 Å². The van der Waals surface area contributed by atoms with Crippen LogP contribution in [0.4, 0.5) is 5.95 Å². The average Bonchev–Trinajstić information content (AvgIpc) is 2.65. The van der Waals surface area contributed by atoms with Crippen molar-refractivity contribution < 1.29 is 19.4 Å². The summed E-state index contributed by atoms with van der Waals surface area (Å²) in [6.07, 6.45) is 0.877. The fourth-order valence-electron chi connectivity index (χ4n) is 2.98. The number of H-pyrrole nitrogens is 1. The van der Waals surface area contributed by atoms with Gasteiger partial charge in [0.25, 0.3) is 5.56 Å². The van der Waals surface area contributed by atoms with Crippen LogP contribution < -0.4 is 15.8 Å². The Morgan fingerprint density at radius 1 is 1.37 bits per heavy atom. The van der Waals surface area contributed by atoms with Crippen molar-refractivity contribution in [3.8, 4) is 0 Å². The first-order valence-electron chi connectivity index (χ1n) is 9.28. The van der Waals surface area contributed by atoms with Crippen molar-refractivity contribution in [1.29, 1.82) is 0 Å². The summed E-state index contributed by atoms with van der Waals surface area (Å²) in [6.45, 7) is 7.90. The molecule has 3 N–H and O–H groups in total. The molecule has 1 fully saturated rings. The van der Waals surface area contributed by atoms with E-state index in [4.69, 9.17) is 4.74 Å². The lowest BCUT2D eigenvalue weighted by atomic mass is 9.99.